The number of rotatable bonds is 8. The van der Waals surface area contributed by atoms with E-state index < -0.39 is 5.97 Å². The molecule has 0 saturated carbocycles. The van der Waals surface area contributed by atoms with Crippen LogP contribution < -0.4 is 10.1 Å². The van der Waals surface area contributed by atoms with Crippen LogP contribution in [0.4, 0.5) is 4.39 Å². The number of carboxylic acid groups (broad SMARTS) is 1. The van der Waals surface area contributed by atoms with Crippen LogP contribution in [0.2, 0.25) is 0 Å². The molecule has 0 radical (unpaired) electrons. The van der Waals surface area contributed by atoms with Crippen LogP contribution in [0.25, 0.3) is 10.8 Å². The van der Waals surface area contributed by atoms with Crippen LogP contribution in [0.5, 0.6) is 5.75 Å². The second-order valence-electron chi connectivity index (χ2n) is 9.94. The van der Waals surface area contributed by atoms with Crippen molar-refractivity contribution in [3.8, 4) is 5.75 Å². The molecule has 0 fully saturated rings. The summed E-state index contributed by atoms with van der Waals surface area (Å²) in [5.74, 6) is -0.0289. The van der Waals surface area contributed by atoms with Gasteiger partial charge >= 0.3 is 5.97 Å². The molecule has 4 aromatic rings. The molecule has 3 atom stereocenters. The Balaban J connectivity index is 1.25. The highest BCUT2D eigenvalue weighted by Gasteiger charge is 2.30. The van der Waals surface area contributed by atoms with Gasteiger partial charge in [-0.1, -0.05) is 54.6 Å². The van der Waals surface area contributed by atoms with Gasteiger partial charge in [-0.2, -0.15) is 0 Å². The number of hydrogen-bond donors (Lipinski definition) is 2. The van der Waals surface area contributed by atoms with E-state index in [2.05, 4.69) is 18.3 Å². The summed E-state index contributed by atoms with van der Waals surface area (Å²) >= 11 is 0. The van der Waals surface area contributed by atoms with Crippen LogP contribution in [-0.2, 0) is 0 Å². The van der Waals surface area contributed by atoms with E-state index in [0.29, 0.717) is 10.9 Å². The molecule has 1 aliphatic rings. The average Bonchev–Trinajstić information content (AvgIpc) is 2.91. The highest BCUT2D eigenvalue weighted by molar-refractivity contribution is 5.88. The molecule has 0 aromatic heterocycles. The summed E-state index contributed by atoms with van der Waals surface area (Å²) in [5.41, 5.74) is 4.70. The van der Waals surface area contributed by atoms with Gasteiger partial charge in [0.05, 0.1) is 11.7 Å². The lowest BCUT2D eigenvalue weighted by Crippen LogP contribution is -2.28. The molecule has 0 saturated heterocycles. The lowest BCUT2D eigenvalue weighted by Gasteiger charge is -2.33. The number of carboxylic acids is 1. The number of fused-ring (bicyclic) bond motifs is 2. The van der Waals surface area contributed by atoms with E-state index in [1.807, 2.05) is 61.5 Å². The van der Waals surface area contributed by atoms with Crippen molar-refractivity contribution in [3.63, 3.8) is 0 Å². The first-order valence-corrected chi connectivity index (χ1v) is 12.9. The van der Waals surface area contributed by atoms with Crippen molar-refractivity contribution in [2.24, 2.45) is 0 Å². The molecule has 5 heteroatoms. The standard InChI is InChI=1S/C32H32FNO3/c1-20-18-22(32(35)36)13-14-24(20)29-19-23(37-31-12-6-5-11-28(29)31)8-7-17-34-21(2)25-15-16-30(33)27-10-4-3-9-26(25)27/h3-6,9-16,18,21,23,29,34H,7-8,17,19H2,1-2H3,(H,35,36)/t21-,23?,29?/m1/s1. The van der Waals surface area contributed by atoms with Crippen LogP contribution in [0.1, 0.15) is 70.8 Å². The maximum absolute atomic E-state index is 14.2. The molecule has 190 valence electrons. The number of aromatic carboxylic acids is 1. The number of carbonyl (C=O) groups is 1. The van der Waals surface area contributed by atoms with Crippen molar-refractivity contribution in [1.29, 1.82) is 0 Å². The fourth-order valence-corrected chi connectivity index (χ4v) is 5.59. The number of para-hydroxylation sites is 1. The summed E-state index contributed by atoms with van der Waals surface area (Å²) in [5, 5.41) is 14.6. The van der Waals surface area contributed by atoms with E-state index in [4.69, 9.17) is 4.74 Å². The third-order valence-corrected chi connectivity index (χ3v) is 7.50. The summed E-state index contributed by atoms with van der Waals surface area (Å²) in [6, 6.07) is 24.7. The lowest BCUT2D eigenvalue weighted by molar-refractivity contribution is 0.0696. The maximum atomic E-state index is 14.2. The highest BCUT2D eigenvalue weighted by Crippen LogP contribution is 2.42. The topological polar surface area (TPSA) is 58.6 Å². The monoisotopic (exact) mass is 497 g/mol. The van der Waals surface area contributed by atoms with Gasteiger partial charge in [0.1, 0.15) is 11.6 Å². The summed E-state index contributed by atoms with van der Waals surface area (Å²) in [4.78, 5) is 11.4. The van der Waals surface area contributed by atoms with E-state index in [1.165, 1.54) is 0 Å². The molecule has 1 aliphatic heterocycles. The summed E-state index contributed by atoms with van der Waals surface area (Å²) in [7, 11) is 0. The van der Waals surface area contributed by atoms with E-state index in [1.54, 1.807) is 18.2 Å². The normalized spacial score (nSPS) is 17.7. The van der Waals surface area contributed by atoms with E-state index >= 15 is 0 Å². The minimum Gasteiger partial charge on any atom is -0.490 e. The second-order valence-corrected chi connectivity index (χ2v) is 9.94. The quantitative estimate of drug-likeness (QED) is 0.249. The Kier molecular flexibility index (Phi) is 7.24. The zero-order valence-electron chi connectivity index (χ0n) is 21.2. The van der Waals surface area contributed by atoms with E-state index in [9.17, 15) is 14.3 Å². The van der Waals surface area contributed by atoms with Gasteiger partial charge in [-0.3, -0.25) is 0 Å². The third-order valence-electron chi connectivity index (χ3n) is 7.50. The molecule has 0 amide bonds. The second kappa shape index (κ2) is 10.7. The first kappa shape index (κ1) is 25.0. The lowest BCUT2D eigenvalue weighted by atomic mass is 9.81. The summed E-state index contributed by atoms with van der Waals surface area (Å²) in [6.07, 6.45) is 2.77. The SMILES string of the molecule is Cc1cc(C(=O)O)ccc1C1CC(CCCN[C@H](C)c2ccc(F)c3ccccc23)Oc2ccccc21. The van der Waals surface area contributed by atoms with Crippen LogP contribution >= 0.6 is 0 Å². The smallest absolute Gasteiger partial charge is 0.335 e. The molecule has 37 heavy (non-hydrogen) atoms. The fourth-order valence-electron chi connectivity index (χ4n) is 5.59. The fraction of sp³-hybridized carbons (Fsp3) is 0.281. The first-order valence-electron chi connectivity index (χ1n) is 12.9. The van der Waals surface area contributed by atoms with Gasteiger partial charge < -0.3 is 15.2 Å². The van der Waals surface area contributed by atoms with Crippen molar-refractivity contribution in [3.05, 3.63) is 112 Å². The van der Waals surface area contributed by atoms with Gasteiger partial charge in [0, 0.05) is 22.9 Å². The third kappa shape index (κ3) is 5.23. The Bertz CT molecular complexity index is 1430. The largest absolute Gasteiger partial charge is 0.490 e. The number of benzene rings is 4. The van der Waals surface area contributed by atoms with Crippen molar-refractivity contribution in [1.82, 2.24) is 5.32 Å². The molecular weight excluding hydrogens is 465 g/mol. The zero-order valence-corrected chi connectivity index (χ0v) is 21.2. The number of halogens is 1. The van der Waals surface area contributed by atoms with Crippen molar-refractivity contribution >= 4 is 16.7 Å². The molecule has 4 aromatic carbocycles. The van der Waals surface area contributed by atoms with Gasteiger partial charge in [0.25, 0.3) is 0 Å². The Morgan fingerprint density at radius 2 is 1.78 bits per heavy atom. The van der Waals surface area contributed by atoms with Crippen molar-refractivity contribution < 1.29 is 19.0 Å². The Labute approximate surface area is 217 Å². The molecule has 0 spiro atoms. The Hall–Kier alpha value is -3.70. The van der Waals surface area contributed by atoms with Gasteiger partial charge in [-0.05, 0) is 86.0 Å². The molecule has 4 nitrogen and oxygen atoms in total. The minimum atomic E-state index is -0.907. The highest BCUT2D eigenvalue weighted by atomic mass is 19.1. The van der Waals surface area contributed by atoms with E-state index in [0.717, 1.165) is 59.2 Å². The molecular formula is C32H32FNO3. The maximum Gasteiger partial charge on any atom is 0.335 e. The average molecular weight is 498 g/mol. The zero-order chi connectivity index (χ0) is 25.9. The van der Waals surface area contributed by atoms with Crippen molar-refractivity contribution in [2.45, 2.75) is 51.2 Å². The van der Waals surface area contributed by atoms with Crippen LogP contribution in [0.3, 0.4) is 0 Å². The van der Waals surface area contributed by atoms with Crippen LogP contribution in [-0.4, -0.2) is 23.7 Å². The first-order chi connectivity index (χ1) is 17.9. The van der Waals surface area contributed by atoms with Crippen LogP contribution in [0.15, 0.2) is 78.9 Å². The number of aryl methyl sites for hydroxylation is 1. The molecule has 2 N–H and O–H groups in total. The van der Waals surface area contributed by atoms with Crippen molar-refractivity contribution in [2.75, 3.05) is 6.54 Å². The molecule has 0 bridgehead atoms. The predicted molar refractivity (Wildman–Crippen MR) is 145 cm³/mol. The Morgan fingerprint density at radius 1 is 1.03 bits per heavy atom. The van der Waals surface area contributed by atoms with Gasteiger partial charge in [-0.25, -0.2) is 9.18 Å². The minimum absolute atomic E-state index is 0.0715. The molecule has 1 heterocycles. The summed E-state index contributed by atoms with van der Waals surface area (Å²) < 4.78 is 20.6. The van der Waals surface area contributed by atoms with E-state index in [-0.39, 0.29) is 23.9 Å². The van der Waals surface area contributed by atoms with Gasteiger partial charge in [-0.15, -0.1) is 0 Å². The van der Waals surface area contributed by atoms with Gasteiger partial charge in [0.15, 0.2) is 0 Å². The summed E-state index contributed by atoms with van der Waals surface area (Å²) in [6.45, 7) is 4.93. The number of ether oxygens (including phenoxy) is 1. The molecule has 2 unspecified atom stereocenters. The van der Waals surface area contributed by atoms with Gasteiger partial charge in [0.2, 0.25) is 0 Å². The number of hydrogen-bond acceptors (Lipinski definition) is 3. The molecule has 5 rings (SSSR count). The predicted octanol–water partition coefficient (Wildman–Crippen LogP) is 7.40. The Morgan fingerprint density at radius 3 is 2.57 bits per heavy atom. The number of nitrogens with one attached hydrogen (secondary N) is 1. The van der Waals surface area contributed by atoms with Crippen LogP contribution in [0, 0.1) is 12.7 Å². The molecule has 0 aliphatic carbocycles.